The molecule has 0 spiro atoms. The number of hydrogen-bond acceptors (Lipinski definition) is 14. The predicted octanol–water partition coefficient (Wildman–Crippen LogP) is 5.41. The number of likely N-dealkylation sites (N-methyl/N-ethyl adjacent to an activating group) is 1. The van der Waals surface area contributed by atoms with Crippen LogP contribution < -0.4 is 4.74 Å². The number of esters is 1. The highest BCUT2D eigenvalue weighted by Gasteiger charge is 2.61. The van der Waals surface area contributed by atoms with Crippen LogP contribution in [0.5, 0.6) is 5.88 Å². The number of aryl methyl sites for hydroxylation is 2. The Labute approximate surface area is 366 Å². The van der Waals surface area contributed by atoms with Crippen LogP contribution in [0.15, 0.2) is 37.2 Å². The normalized spacial score (nSPS) is 35.0. The fraction of sp³-hybridized carbons (Fsp3) is 0.696. The Balaban J connectivity index is 1.45. The number of carbonyl (C=O) groups excluding carboxylic acids is 4. The van der Waals surface area contributed by atoms with Crippen molar-refractivity contribution >= 4 is 23.6 Å². The summed E-state index contributed by atoms with van der Waals surface area (Å²) >= 11 is 0. The van der Waals surface area contributed by atoms with Gasteiger partial charge in [-0.1, -0.05) is 34.3 Å². The molecule has 344 valence electrons. The fourth-order valence-electron chi connectivity index (χ4n) is 9.77. The molecule has 0 aliphatic carbocycles. The Bertz CT molecular complexity index is 1900. The van der Waals surface area contributed by atoms with E-state index in [0.29, 0.717) is 31.7 Å². The van der Waals surface area contributed by atoms with Crippen LogP contribution in [0.2, 0.25) is 0 Å². The third kappa shape index (κ3) is 9.79. The van der Waals surface area contributed by atoms with E-state index >= 15 is 0 Å². The van der Waals surface area contributed by atoms with Gasteiger partial charge in [0, 0.05) is 68.0 Å². The highest BCUT2D eigenvalue weighted by atomic mass is 16.7. The minimum absolute atomic E-state index is 0.0991. The second kappa shape index (κ2) is 20.1. The van der Waals surface area contributed by atoms with Crippen molar-refractivity contribution < 1.29 is 52.7 Å². The summed E-state index contributed by atoms with van der Waals surface area (Å²) in [6.07, 6.45) is 1.95. The molecule has 62 heavy (non-hydrogen) atoms. The number of aromatic nitrogens is 3. The fourth-order valence-corrected chi connectivity index (χ4v) is 9.77. The third-order valence-corrected chi connectivity index (χ3v) is 13.4. The molecule has 3 aliphatic rings. The number of carbonyl (C=O) groups is 4. The number of imidazole rings is 1. The third-order valence-electron chi connectivity index (χ3n) is 13.4. The first-order valence-electron chi connectivity index (χ1n) is 21.9. The molecular weight excluding hydrogens is 799 g/mol. The van der Waals surface area contributed by atoms with E-state index in [0.717, 1.165) is 17.1 Å². The lowest BCUT2D eigenvalue weighted by molar-refractivity contribution is -0.295. The second-order valence-electron chi connectivity index (χ2n) is 17.9. The molecule has 16 nitrogen and oxygen atoms in total. The summed E-state index contributed by atoms with van der Waals surface area (Å²) in [7, 11) is 6.79. The lowest BCUT2D eigenvalue weighted by atomic mass is 9.72. The van der Waals surface area contributed by atoms with Crippen molar-refractivity contribution in [2.45, 2.75) is 148 Å². The van der Waals surface area contributed by atoms with Crippen LogP contribution in [-0.2, 0) is 44.6 Å². The summed E-state index contributed by atoms with van der Waals surface area (Å²) in [5.41, 5.74) is -1.28. The molecular formula is C46H69N5O11. The number of methoxy groups -OCH3 is 2. The van der Waals surface area contributed by atoms with Gasteiger partial charge in [-0.25, -0.2) is 14.8 Å². The van der Waals surface area contributed by atoms with Crippen LogP contribution in [0.3, 0.4) is 0 Å². The standard InChI is InChI=1S/C46H69N5O11/c1-14-35-46(15-2)40(51(44(56)62-46)21-17-16-20-50-25-33(48-31(50)8)32-18-19-36(57-12)47-24-32)28(5)37(52)26(3)23-45(9,58-13)41(29(6)38(53)30(7)42(55)60-35)61-43-39(54)34(49(10)11)22-27(4)59-43/h15,18-19,24-30,34-35,39-41,43,54H,2,14,16-17,20-23H2,1,3-13H3/t26-,27-,28+,29+,30-,34+,35-,39-,40-,41-,43?,45+,46-/m1/s1. The Morgan fingerprint density at radius 2 is 1.73 bits per heavy atom. The lowest BCUT2D eigenvalue weighted by Gasteiger charge is -2.47. The maximum Gasteiger partial charge on any atom is 0.411 e. The van der Waals surface area contributed by atoms with Gasteiger partial charge in [-0.2, -0.15) is 0 Å². The lowest BCUT2D eigenvalue weighted by Crippen LogP contribution is -2.60. The van der Waals surface area contributed by atoms with E-state index in [1.54, 1.807) is 58.9 Å². The average Bonchev–Trinajstić information content (AvgIpc) is 3.77. The highest BCUT2D eigenvalue weighted by Crippen LogP contribution is 2.44. The largest absolute Gasteiger partial charge is 0.481 e. The number of pyridine rings is 1. The van der Waals surface area contributed by atoms with Crippen molar-refractivity contribution in [3.63, 3.8) is 0 Å². The van der Waals surface area contributed by atoms with E-state index in [2.05, 4.69) is 11.6 Å². The smallest absolute Gasteiger partial charge is 0.411 e. The SMILES string of the molecule is C=C[C@]12OC(=O)N(CCCCn3cc(-c4ccc(OC)nc4)nc3C)[C@@H]1[C@@H](C)C(=O)[C@H](C)C[C@](C)(OC)[C@H](OC1O[C@H](C)C[C@H](N(C)C)[C@H]1O)[C@@H](C)C(=O)[C@@H](C)C(=O)O[C@@H]2CC. The van der Waals surface area contributed by atoms with E-state index in [-0.39, 0.29) is 37.3 Å². The van der Waals surface area contributed by atoms with E-state index in [1.165, 1.54) is 20.1 Å². The van der Waals surface area contributed by atoms with Crippen LogP contribution in [0.4, 0.5) is 4.79 Å². The van der Waals surface area contributed by atoms with Gasteiger partial charge in [0.25, 0.3) is 0 Å². The van der Waals surface area contributed by atoms with E-state index < -0.39 is 83.4 Å². The molecule has 16 heteroatoms. The molecule has 2 aromatic rings. The number of amides is 1. The number of hydrogen-bond donors (Lipinski definition) is 1. The number of nitrogens with zero attached hydrogens (tertiary/aromatic N) is 5. The molecule has 3 fully saturated rings. The summed E-state index contributed by atoms with van der Waals surface area (Å²) in [6.45, 7) is 19.0. The zero-order chi connectivity index (χ0) is 45.8. The first-order valence-corrected chi connectivity index (χ1v) is 21.9. The summed E-state index contributed by atoms with van der Waals surface area (Å²) in [5.74, 6) is -3.92. The molecule has 3 saturated heterocycles. The Kier molecular flexibility index (Phi) is 15.8. The van der Waals surface area contributed by atoms with Gasteiger partial charge in [0.2, 0.25) is 5.88 Å². The van der Waals surface area contributed by atoms with E-state index in [9.17, 15) is 24.3 Å². The molecule has 0 saturated carbocycles. The van der Waals surface area contributed by atoms with Crippen LogP contribution in [-0.4, -0.2) is 142 Å². The van der Waals surface area contributed by atoms with Crippen LogP contribution in [0.25, 0.3) is 11.3 Å². The van der Waals surface area contributed by atoms with Gasteiger partial charge >= 0.3 is 12.1 Å². The number of rotatable bonds is 13. The Hall–Kier alpha value is -4.22. The molecule has 3 aliphatic heterocycles. The first kappa shape index (κ1) is 48.8. The second-order valence-corrected chi connectivity index (χ2v) is 17.9. The number of ketones is 2. The number of aliphatic hydroxyl groups is 1. The first-order chi connectivity index (χ1) is 29.3. The van der Waals surface area contributed by atoms with Gasteiger partial charge in [0.15, 0.2) is 17.7 Å². The maximum absolute atomic E-state index is 14.9. The van der Waals surface area contributed by atoms with Crippen molar-refractivity contribution in [1.29, 1.82) is 0 Å². The van der Waals surface area contributed by atoms with Gasteiger partial charge < -0.3 is 43.0 Å². The highest BCUT2D eigenvalue weighted by molar-refractivity contribution is 6.00. The van der Waals surface area contributed by atoms with Crippen molar-refractivity contribution in [1.82, 2.24) is 24.3 Å². The summed E-state index contributed by atoms with van der Waals surface area (Å²) in [6, 6.07) is 2.48. The number of Topliss-reactive ketones (excluding diaryl/α,β-unsaturated/α-hetero) is 2. The molecule has 0 bridgehead atoms. The monoisotopic (exact) mass is 867 g/mol. The predicted molar refractivity (Wildman–Crippen MR) is 230 cm³/mol. The molecule has 5 rings (SSSR count). The number of fused-ring (bicyclic) bond motifs is 1. The number of ether oxygens (including phenoxy) is 6. The number of aliphatic hydroxyl groups excluding tert-OH is 1. The molecule has 0 aromatic carbocycles. The molecule has 5 heterocycles. The van der Waals surface area contributed by atoms with E-state index in [1.807, 2.05) is 49.7 Å². The van der Waals surface area contributed by atoms with Crippen molar-refractivity contribution in [3.8, 4) is 17.1 Å². The average molecular weight is 868 g/mol. The van der Waals surface area contributed by atoms with Gasteiger partial charge in [-0.05, 0) is 86.0 Å². The van der Waals surface area contributed by atoms with Crippen LogP contribution >= 0.6 is 0 Å². The summed E-state index contributed by atoms with van der Waals surface area (Å²) < 4.78 is 38.6. The minimum Gasteiger partial charge on any atom is -0.481 e. The zero-order valence-electron chi connectivity index (χ0n) is 38.7. The van der Waals surface area contributed by atoms with Crippen LogP contribution in [0.1, 0.15) is 86.4 Å². The zero-order valence-corrected chi connectivity index (χ0v) is 38.7. The summed E-state index contributed by atoms with van der Waals surface area (Å²) in [5, 5.41) is 11.5. The van der Waals surface area contributed by atoms with Crippen molar-refractivity contribution in [2.75, 3.05) is 34.9 Å². The van der Waals surface area contributed by atoms with Crippen LogP contribution in [0, 0.1) is 30.6 Å². The van der Waals surface area contributed by atoms with Crippen molar-refractivity contribution in [2.24, 2.45) is 23.7 Å². The minimum atomic E-state index is -1.61. The maximum atomic E-state index is 14.9. The molecule has 0 radical (unpaired) electrons. The molecule has 13 atom stereocenters. The Morgan fingerprint density at radius 1 is 1.03 bits per heavy atom. The quantitative estimate of drug-likeness (QED) is 0.117. The summed E-state index contributed by atoms with van der Waals surface area (Å²) in [4.78, 5) is 69.9. The Morgan fingerprint density at radius 3 is 2.32 bits per heavy atom. The topological polar surface area (TPSA) is 181 Å². The van der Waals surface area contributed by atoms with Gasteiger partial charge in [0.1, 0.15) is 29.7 Å². The number of unbranched alkanes of at least 4 members (excludes halogenated alkanes) is 1. The van der Waals surface area contributed by atoms with Gasteiger partial charge in [-0.3, -0.25) is 19.3 Å². The van der Waals surface area contributed by atoms with Crippen molar-refractivity contribution in [3.05, 3.63) is 43.0 Å². The van der Waals surface area contributed by atoms with Gasteiger partial charge in [-0.15, -0.1) is 0 Å². The molecule has 2 aromatic heterocycles. The molecule has 1 amide bonds. The molecule has 1 N–H and O–H groups in total. The van der Waals surface area contributed by atoms with Gasteiger partial charge in [0.05, 0.1) is 36.7 Å². The number of cyclic esters (lactones) is 1. The van der Waals surface area contributed by atoms with E-state index in [4.69, 9.17) is 33.4 Å². The molecule has 1 unspecified atom stereocenters.